The Morgan fingerprint density at radius 3 is 1.79 bits per heavy atom. The van der Waals surface area contributed by atoms with E-state index in [9.17, 15) is 91.0 Å². The van der Waals surface area contributed by atoms with Crippen molar-refractivity contribution >= 4 is 30.1 Å². The minimum absolute atomic E-state index is 0.00730. The van der Waals surface area contributed by atoms with Crippen LogP contribution in [0.15, 0.2) is 48.6 Å². The Labute approximate surface area is 409 Å². The van der Waals surface area contributed by atoms with E-state index >= 15 is 0 Å². The normalized spacial score (nSPS) is 34.5. The molecule has 0 amide bonds. The molecule has 4 fully saturated rings. The minimum Gasteiger partial charge on any atom is -0.504 e. The summed E-state index contributed by atoms with van der Waals surface area (Å²) in [6.45, 7) is -2.12. The maximum atomic E-state index is 13.7. The molecular formula is C46H60O26. The van der Waals surface area contributed by atoms with Gasteiger partial charge in [0.2, 0.25) is 0 Å². The average molecular weight is 1030 g/mol. The molecule has 20 atom stereocenters. The first-order valence-corrected chi connectivity index (χ1v) is 22.6. The molecule has 1 aliphatic carbocycles. The first-order chi connectivity index (χ1) is 34.1. The van der Waals surface area contributed by atoms with Crippen molar-refractivity contribution in [3.63, 3.8) is 0 Å². The van der Waals surface area contributed by atoms with Crippen molar-refractivity contribution in [3.8, 4) is 23.0 Å². The van der Waals surface area contributed by atoms with Gasteiger partial charge in [0.25, 0.3) is 0 Å². The molecule has 26 heteroatoms. The number of hydrogen-bond donors (Lipinski definition) is 15. The third-order valence-electron chi connectivity index (χ3n) is 13.0. The highest BCUT2D eigenvalue weighted by Crippen LogP contribution is 2.49. The minimum atomic E-state index is -2.22. The highest BCUT2D eigenvalue weighted by molar-refractivity contribution is 5.88. The van der Waals surface area contributed by atoms with Gasteiger partial charge in [-0.2, -0.15) is 0 Å². The van der Waals surface area contributed by atoms with Crippen LogP contribution in [0.1, 0.15) is 24.5 Å². The number of fused-ring (bicyclic) bond motifs is 1. The maximum Gasteiger partial charge on any atom is 0.331 e. The van der Waals surface area contributed by atoms with Crippen LogP contribution < -0.4 is 0 Å². The Morgan fingerprint density at radius 1 is 0.667 bits per heavy atom. The van der Waals surface area contributed by atoms with Crippen LogP contribution in [0.3, 0.4) is 0 Å². The number of benzene rings is 2. The summed E-state index contributed by atoms with van der Waals surface area (Å²) < 4.78 is 44.3. The van der Waals surface area contributed by atoms with Gasteiger partial charge in [0.05, 0.1) is 25.7 Å². The summed E-state index contributed by atoms with van der Waals surface area (Å²) in [7, 11) is 0. The molecule has 0 bridgehead atoms. The number of aromatic hydroxyl groups is 4. The second kappa shape index (κ2) is 24.7. The summed E-state index contributed by atoms with van der Waals surface area (Å²) in [5.41, 5.74) is 0.656. The molecule has 72 heavy (non-hydrogen) atoms. The van der Waals surface area contributed by atoms with Crippen molar-refractivity contribution in [1.82, 2.24) is 0 Å². The Morgan fingerprint density at radius 2 is 1.21 bits per heavy atom. The second-order valence-corrected chi connectivity index (χ2v) is 17.8. The number of hydrogen-bond acceptors (Lipinski definition) is 26. The fourth-order valence-electron chi connectivity index (χ4n) is 8.76. The standard InChI is InChI=1S/C46H60O26/c1-18-29(69-33(55)9-5-20-3-7-24(49)26(51)11-20)12-21-22(14-67-44(34(18)21)72-46-42(63)39(60)37(58)30(13-47)70-46)43(64)66-15-27(52)35(56)36(57)28(53)16-68-45-41(62)40(61)38(59)31(71-45)17-65-32(54)8-4-19-2-6-23(48)25(50)10-19/h2-11,18,21-22,27-31,34-42,44-53,56-63H,12-17H2,1H3/b8-4+,9-5+/t18-,21+,22?,27-,28-,29+,30-,31-,34+,35-,36-,37-,38-,39+,40+,41-,42-,44-,45-,46+/m1/s1. The predicted molar refractivity (Wildman–Crippen MR) is 235 cm³/mol. The van der Waals surface area contributed by atoms with Gasteiger partial charge in [-0.1, -0.05) is 19.1 Å². The lowest BCUT2D eigenvalue weighted by molar-refractivity contribution is -0.355. The largest absolute Gasteiger partial charge is 0.504 e. The molecule has 4 aliphatic rings. The molecule has 0 aromatic heterocycles. The van der Waals surface area contributed by atoms with Crippen molar-refractivity contribution in [1.29, 1.82) is 0 Å². The van der Waals surface area contributed by atoms with Crippen LogP contribution in [0.2, 0.25) is 0 Å². The molecule has 0 spiro atoms. The smallest absolute Gasteiger partial charge is 0.331 e. The molecule has 26 nitrogen and oxygen atoms in total. The highest BCUT2D eigenvalue weighted by Gasteiger charge is 2.57. The van der Waals surface area contributed by atoms with E-state index in [4.69, 9.17) is 37.9 Å². The van der Waals surface area contributed by atoms with Crippen molar-refractivity contribution < 1.29 is 129 Å². The molecule has 400 valence electrons. The van der Waals surface area contributed by atoms with Crippen molar-refractivity contribution in [2.24, 2.45) is 23.7 Å². The number of phenols is 4. The number of aliphatic hydroxyl groups is 11. The number of rotatable bonds is 19. The third kappa shape index (κ3) is 13.3. The van der Waals surface area contributed by atoms with Gasteiger partial charge in [-0.3, -0.25) is 4.79 Å². The molecule has 1 saturated carbocycles. The predicted octanol–water partition coefficient (Wildman–Crippen LogP) is -4.44. The van der Waals surface area contributed by atoms with Crippen LogP contribution in [0.25, 0.3) is 12.2 Å². The topological polar surface area (TPSA) is 429 Å². The zero-order valence-electron chi connectivity index (χ0n) is 38.3. The van der Waals surface area contributed by atoms with Gasteiger partial charge in [-0.05, 0) is 59.9 Å². The van der Waals surface area contributed by atoms with E-state index in [1.807, 2.05) is 0 Å². The van der Waals surface area contributed by atoms with Crippen molar-refractivity contribution in [3.05, 3.63) is 59.7 Å². The molecular weight excluding hydrogens is 968 g/mol. The van der Waals surface area contributed by atoms with E-state index in [1.165, 1.54) is 42.5 Å². The monoisotopic (exact) mass is 1030 g/mol. The lowest BCUT2D eigenvalue weighted by atomic mass is 9.79. The first kappa shape index (κ1) is 56.2. The number of carbonyl (C=O) groups excluding carboxylic acids is 3. The summed E-state index contributed by atoms with van der Waals surface area (Å²) in [6, 6.07) is 7.56. The van der Waals surface area contributed by atoms with E-state index in [1.54, 1.807) is 6.92 Å². The zero-order valence-corrected chi connectivity index (χ0v) is 38.3. The number of phenolic OH excluding ortho intramolecular Hbond substituents is 4. The first-order valence-electron chi connectivity index (χ1n) is 22.6. The molecule has 3 aliphatic heterocycles. The lowest BCUT2D eigenvalue weighted by Gasteiger charge is -2.44. The van der Waals surface area contributed by atoms with Gasteiger partial charge in [-0.25, -0.2) is 9.59 Å². The van der Waals surface area contributed by atoms with Crippen LogP contribution in [0, 0.1) is 23.7 Å². The van der Waals surface area contributed by atoms with E-state index in [-0.39, 0.29) is 17.9 Å². The summed E-state index contributed by atoms with van der Waals surface area (Å²) in [5, 5.41) is 154. The van der Waals surface area contributed by atoms with Crippen molar-refractivity contribution in [2.75, 3.05) is 33.0 Å². The number of ether oxygens (including phenoxy) is 8. The van der Waals surface area contributed by atoms with Crippen LogP contribution in [-0.4, -0.2) is 226 Å². The highest BCUT2D eigenvalue weighted by atomic mass is 16.8. The Balaban J connectivity index is 1.03. The van der Waals surface area contributed by atoms with Gasteiger partial charge < -0.3 is 114 Å². The lowest BCUT2D eigenvalue weighted by Crippen LogP contribution is -2.60. The van der Waals surface area contributed by atoms with Crippen LogP contribution in [0.5, 0.6) is 23.0 Å². The molecule has 1 unspecified atom stereocenters. The number of carbonyl (C=O) groups is 3. The Hall–Kier alpha value is -5.11. The zero-order chi connectivity index (χ0) is 52.7. The summed E-state index contributed by atoms with van der Waals surface area (Å²) in [5.74, 6) is -7.89. The van der Waals surface area contributed by atoms with Gasteiger partial charge in [0.15, 0.2) is 41.9 Å². The Kier molecular flexibility index (Phi) is 19.3. The summed E-state index contributed by atoms with van der Waals surface area (Å²) in [6.07, 6.45) is -23.5. The summed E-state index contributed by atoms with van der Waals surface area (Å²) in [4.78, 5) is 39.0. The molecule has 0 radical (unpaired) electrons. The van der Waals surface area contributed by atoms with E-state index in [0.717, 1.165) is 18.2 Å². The van der Waals surface area contributed by atoms with Crippen LogP contribution in [0.4, 0.5) is 0 Å². The molecule has 2 aromatic carbocycles. The SMILES string of the molecule is C[C@H]1[C@@H]2[C@@H](O[C@@H]3O[C@H](CO)[C@@H](O)[C@H](O)[C@H]3O)OCC(C(=O)OC[C@@H](O)[C@@H](O)[C@H](O)[C@H](O)CO[C@@H]3O[C@H](COC(=O)/C=C/c4ccc(O)c(O)c4)[C@@H](O)[C@H](O)[C@H]3O)[C@@H]2C[C@@H]1OC(=O)/C=C/c1ccc(O)c(O)c1. The van der Waals surface area contributed by atoms with Crippen LogP contribution >= 0.6 is 0 Å². The molecule has 3 heterocycles. The van der Waals surface area contributed by atoms with E-state index in [0.29, 0.717) is 11.1 Å². The fraction of sp³-hybridized carbons (Fsp3) is 0.587. The molecule has 6 rings (SSSR count). The third-order valence-corrected chi connectivity index (χ3v) is 13.0. The second-order valence-electron chi connectivity index (χ2n) is 17.8. The average Bonchev–Trinajstić information content (AvgIpc) is 3.69. The molecule has 15 N–H and O–H groups in total. The van der Waals surface area contributed by atoms with Gasteiger partial charge >= 0.3 is 17.9 Å². The quantitative estimate of drug-likeness (QED) is 0.0273. The number of esters is 3. The molecule has 3 saturated heterocycles. The van der Waals surface area contributed by atoms with Crippen LogP contribution in [-0.2, 0) is 52.3 Å². The van der Waals surface area contributed by atoms with Crippen molar-refractivity contribution in [2.45, 2.75) is 112 Å². The van der Waals surface area contributed by atoms with E-state index in [2.05, 4.69) is 0 Å². The van der Waals surface area contributed by atoms with Gasteiger partial charge in [0, 0.05) is 24.0 Å². The van der Waals surface area contributed by atoms with E-state index < -0.39 is 184 Å². The number of aliphatic hydroxyl groups excluding tert-OH is 11. The molecule has 2 aromatic rings. The van der Waals surface area contributed by atoms with Gasteiger partial charge in [-0.15, -0.1) is 0 Å². The summed E-state index contributed by atoms with van der Waals surface area (Å²) >= 11 is 0. The fourth-order valence-corrected chi connectivity index (χ4v) is 8.76. The Bertz CT molecular complexity index is 2200. The van der Waals surface area contributed by atoms with Gasteiger partial charge in [0.1, 0.15) is 92.6 Å². The maximum absolute atomic E-state index is 13.7.